The number of hydrogen-bond donors (Lipinski definition) is 2. The highest BCUT2D eigenvalue weighted by Crippen LogP contribution is 2.36. The number of rotatable bonds is 2. The molecule has 0 atom stereocenters. The van der Waals surface area contributed by atoms with Gasteiger partial charge in [0.05, 0.1) is 39.8 Å². The molecular formula is C22H13ClN6O. The fourth-order valence-electron chi connectivity index (χ4n) is 3.54. The van der Waals surface area contributed by atoms with Crippen LogP contribution in [0, 0.1) is 18.3 Å². The quantitative estimate of drug-likeness (QED) is 0.447. The number of aromatic amines is 2. The van der Waals surface area contributed by atoms with E-state index >= 15 is 0 Å². The summed E-state index contributed by atoms with van der Waals surface area (Å²) in [7, 11) is 0. The lowest BCUT2D eigenvalue weighted by atomic mass is 9.96. The zero-order valence-electron chi connectivity index (χ0n) is 15.7. The predicted octanol–water partition coefficient (Wildman–Crippen LogP) is 4.36. The van der Waals surface area contributed by atoms with Gasteiger partial charge in [-0.05, 0) is 30.7 Å². The van der Waals surface area contributed by atoms with E-state index in [1.165, 1.54) is 12.3 Å². The number of halogens is 1. The van der Waals surface area contributed by atoms with Gasteiger partial charge in [0.1, 0.15) is 0 Å². The predicted molar refractivity (Wildman–Crippen MR) is 115 cm³/mol. The van der Waals surface area contributed by atoms with Gasteiger partial charge in [0.2, 0.25) is 5.43 Å². The first-order chi connectivity index (χ1) is 14.6. The normalized spacial score (nSPS) is 11.1. The smallest absolute Gasteiger partial charge is 0.209 e. The first-order valence-corrected chi connectivity index (χ1v) is 9.47. The zero-order chi connectivity index (χ0) is 20.8. The van der Waals surface area contributed by atoms with Crippen LogP contribution in [0.2, 0.25) is 5.02 Å². The fourth-order valence-corrected chi connectivity index (χ4v) is 3.81. The number of nitrogens with zero attached hydrogens (tertiary/aromatic N) is 4. The molecule has 0 fully saturated rings. The average molecular weight is 413 g/mol. The van der Waals surface area contributed by atoms with Gasteiger partial charge < -0.3 is 4.98 Å². The summed E-state index contributed by atoms with van der Waals surface area (Å²) in [6, 6.07) is 12.7. The molecule has 0 radical (unpaired) electrons. The molecule has 0 aliphatic heterocycles. The second-order valence-electron chi connectivity index (χ2n) is 6.84. The van der Waals surface area contributed by atoms with Crippen molar-refractivity contribution >= 4 is 33.7 Å². The number of H-pyrrole nitrogens is 2. The van der Waals surface area contributed by atoms with Gasteiger partial charge >= 0.3 is 0 Å². The van der Waals surface area contributed by atoms with Gasteiger partial charge in [0.15, 0.2) is 11.2 Å². The molecule has 5 aromatic rings. The van der Waals surface area contributed by atoms with Crippen LogP contribution >= 0.6 is 11.6 Å². The van der Waals surface area contributed by atoms with E-state index in [1.54, 1.807) is 24.4 Å². The van der Waals surface area contributed by atoms with Crippen LogP contribution in [0.15, 0.2) is 53.6 Å². The number of pyridine rings is 1. The Bertz CT molecular complexity index is 1560. The molecule has 0 unspecified atom stereocenters. The van der Waals surface area contributed by atoms with Gasteiger partial charge in [0, 0.05) is 28.8 Å². The lowest BCUT2D eigenvalue weighted by Gasteiger charge is -2.13. The summed E-state index contributed by atoms with van der Waals surface area (Å²) < 4.78 is 0. The van der Waals surface area contributed by atoms with E-state index in [1.807, 2.05) is 19.1 Å². The SMILES string of the molecule is Cc1c(C#N)cccc1-c1nc2[nH]ccc(=O)c2nc1-c1cc(Cl)c2[nH]ncc2c1. The van der Waals surface area contributed by atoms with Gasteiger partial charge in [-0.2, -0.15) is 10.4 Å². The topological polar surface area (TPSA) is 111 Å². The van der Waals surface area contributed by atoms with E-state index in [0.29, 0.717) is 33.2 Å². The monoisotopic (exact) mass is 412 g/mol. The molecule has 3 aromatic heterocycles. The third-order valence-corrected chi connectivity index (χ3v) is 5.37. The van der Waals surface area contributed by atoms with Gasteiger partial charge in [-0.25, -0.2) is 9.97 Å². The van der Waals surface area contributed by atoms with Crippen LogP contribution in [0.25, 0.3) is 44.6 Å². The van der Waals surface area contributed by atoms with E-state index in [0.717, 1.165) is 22.0 Å². The summed E-state index contributed by atoms with van der Waals surface area (Å²) in [5, 5.41) is 17.7. The zero-order valence-corrected chi connectivity index (χ0v) is 16.4. The first-order valence-electron chi connectivity index (χ1n) is 9.09. The third kappa shape index (κ3) is 2.74. The number of fused-ring (bicyclic) bond motifs is 2. The van der Waals surface area contributed by atoms with Crippen molar-refractivity contribution < 1.29 is 0 Å². The van der Waals surface area contributed by atoms with Gasteiger partial charge in [-0.3, -0.25) is 9.89 Å². The highest BCUT2D eigenvalue weighted by Gasteiger charge is 2.19. The van der Waals surface area contributed by atoms with E-state index < -0.39 is 0 Å². The molecule has 0 spiro atoms. The Labute approximate surface area is 175 Å². The molecule has 8 heteroatoms. The van der Waals surface area contributed by atoms with Crippen LogP contribution in [0.5, 0.6) is 0 Å². The van der Waals surface area contributed by atoms with Crippen molar-refractivity contribution in [3.63, 3.8) is 0 Å². The summed E-state index contributed by atoms with van der Waals surface area (Å²) in [5.41, 5.74) is 4.93. The summed E-state index contributed by atoms with van der Waals surface area (Å²) >= 11 is 6.45. The van der Waals surface area contributed by atoms with Crippen LogP contribution in [0.4, 0.5) is 0 Å². The second-order valence-corrected chi connectivity index (χ2v) is 7.25. The molecule has 2 aromatic carbocycles. The number of hydrogen-bond acceptors (Lipinski definition) is 5. The molecule has 0 aliphatic carbocycles. The summed E-state index contributed by atoms with van der Waals surface area (Å²) in [6.07, 6.45) is 3.21. The molecule has 0 saturated heterocycles. The van der Waals surface area contributed by atoms with Crippen LogP contribution < -0.4 is 5.43 Å². The van der Waals surface area contributed by atoms with E-state index in [4.69, 9.17) is 16.6 Å². The van der Waals surface area contributed by atoms with Gasteiger partial charge in [-0.1, -0.05) is 23.7 Å². The van der Waals surface area contributed by atoms with Gasteiger partial charge in [-0.15, -0.1) is 0 Å². The summed E-state index contributed by atoms with van der Waals surface area (Å²) in [5.74, 6) is 0. The van der Waals surface area contributed by atoms with Crippen molar-refractivity contribution in [2.75, 3.05) is 0 Å². The number of aromatic nitrogens is 5. The lowest BCUT2D eigenvalue weighted by Crippen LogP contribution is -2.07. The largest absolute Gasteiger partial charge is 0.345 e. The Morgan fingerprint density at radius 1 is 1.13 bits per heavy atom. The highest BCUT2D eigenvalue weighted by molar-refractivity contribution is 6.35. The number of benzene rings is 2. The van der Waals surface area contributed by atoms with Crippen molar-refractivity contribution in [2.45, 2.75) is 6.92 Å². The third-order valence-electron chi connectivity index (χ3n) is 5.07. The Kier molecular flexibility index (Phi) is 4.09. The number of nitriles is 1. The minimum atomic E-state index is -0.234. The Morgan fingerprint density at radius 2 is 2.00 bits per heavy atom. The summed E-state index contributed by atoms with van der Waals surface area (Å²) in [6.45, 7) is 1.86. The van der Waals surface area contributed by atoms with Crippen molar-refractivity contribution in [2.24, 2.45) is 0 Å². The van der Waals surface area contributed by atoms with E-state index in [2.05, 4.69) is 26.2 Å². The molecule has 0 aliphatic rings. The molecule has 30 heavy (non-hydrogen) atoms. The Hall–Kier alpha value is -4.02. The molecule has 3 heterocycles. The number of nitrogens with one attached hydrogen (secondary N) is 2. The molecule has 2 N–H and O–H groups in total. The maximum atomic E-state index is 12.4. The van der Waals surface area contributed by atoms with E-state index in [-0.39, 0.29) is 10.9 Å². The first kappa shape index (κ1) is 18.0. The van der Waals surface area contributed by atoms with E-state index in [9.17, 15) is 10.1 Å². The van der Waals surface area contributed by atoms with Crippen molar-refractivity contribution in [1.82, 2.24) is 25.1 Å². The maximum absolute atomic E-state index is 12.4. The Balaban J connectivity index is 1.90. The average Bonchev–Trinajstić information content (AvgIpc) is 3.23. The molecule has 0 amide bonds. The molecule has 0 bridgehead atoms. The molecule has 144 valence electrons. The minimum absolute atomic E-state index is 0.230. The van der Waals surface area contributed by atoms with Crippen LogP contribution in [-0.4, -0.2) is 25.1 Å². The molecule has 5 rings (SSSR count). The highest BCUT2D eigenvalue weighted by atomic mass is 35.5. The molecule has 0 saturated carbocycles. The van der Waals surface area contributed by atoms with Crippen molar-refractivity contribution in [1.29, 1.82) is 5.26 Å². The van der Waals surface area contributed by atoms with Crippen molar-refractivity contribution in [3.05, 3.63) is 75.2 Å². The second kappa shape index (κ2) is 6.79. The van der Waals surface area contributed by atoms with Crippen molar-refractivity contribution in [3.8, 4) is 28.6 Å². The summed E-state index contributed by atoms with van der Waals surface area (Å²) in [4.78, 5) is 24.8. The fraction of sp³-hybridized carbons (Fsp3) is 0.0455. The molecule has 7 nitrogen and oxygen atoms in total. The van der Waals surface area contributed by atoms with Gasteiger partial charge in [0.25, 0.3) is 0 Å². The minimum Gasteiger partial charge on any atom is -0.345 e. The van der Waals surface area contributed by atoms with Crippen LogP contribution in [0.1, 0.15) is 11.1 Å². The van der Waals surface area contributed by atoms with Crippen LogP contribution in [-0.2, 0) is 0 Å². The maximum Gasteiger partial charge on any atom is 0.209 e. The lowest BCUT2D eigenvalue weighted by molar-refractivity contribution is 1.12. The standard InChI is InChI=1S/C22H13ClN6O/c1-11-12(9-24)3-2-4-15(11)20-19(27-21-17(30)5-6-25-22(21)28-20)13-7-14-10-26-29-18(14)16(23)8-13/h2-8,10H,1H3,(H,26,29)(H,25,28,30). The van der Waals surface area contributed by atoms with Crippen LogP contribution in [0.3, 0.4) is 0 Å². The Morgan fingerprint density at radius 3 is 2.83 bits per heavy atom. The molecular weight excluding hydrogens is 400 g/mol.